The van der Waals surface area contributed by atoms with Crippen LogP contribution < -0.4 is 19.9 Å². The second kappa shape index (κ2) is 9.06. The molecule has 0 saturated heterocycles. The first kappa shape index (κ1) is 17.2. The van der Waals surface area contributed by atoms with Gasteiger partial charge in [0.05, 0.1) is 20.3 Å². The van der Waals surface area contributed by atoms with Gasteiger partial charge in [-0.25, -0.2) is 0 Å². The highest BCUT2D eigenvalue weighted by atomic mass is 16.5. The largest absolute Gasteiger partial charge is 0.497 e. The number of ether oxygens (including phenoxy) is 3. The quantitative estimate of drug-likeness (QED) is 0.768. The molecule has 0 aromatic heterocycles. The number of hydrogen-bond donors (Lipinski definition) is 1. The summed E-state index contributed by atoms with van der Waals surface area (Å²) in [7, 11) is 1.67. The van der Waals surface area contributed by atoms with Gasteiger partial charge in [0.15, 0.2) is 11.5 Å². The minimum atomic E-state index is 0.240. The van der Waals surface area contributed by atoms with Gasteiger partial charge in [-0.2, -0.15) is 0 Å². The molecule has 1 atom stereocenters. The van der Waals surface area contributed by atoms with E-state index in [0.29, 0.717) is 19.8 Å². The molecule has 1 unspecified atom stereocenters. The normalized spacial score (nSPS) is 11.8. The van der Waals surface area contributed by atoms with Gasteiger partial charge in [-0.1, -0.05) is 24.3 Å². The van der Waals surface area contributed by atoms with E-state index in [1.54, 1.807) is 7.11 Å². The van der Waals surface area contributed by atoms with Crippen molar-refractivity contribution in [2.45, 2.75) is 19.3 Å². The van der Waals surface area contributed by atoms with Gasteiger partial charge >= 0.3 is 0 Å². The third kappa shape index (κ3) is 4.89. The average molecular weight is 315 g/mol. The molecule has 0 heterocycles. The summed E-state index contributed by atoms with van der Waals surface area (Å²) in [5, 5.41) is 0. The average Bonchev–Trinajstić information content (AvgIpc) is 2.60. The van der Waals surface area contributed by atoms with Gasteiger partial charge in [-0.05, 0) is 55.6 Å². The van der Waals surface area contributed by atoms with Crippen molar-refractivity contribution in [2.75, 3.05) is 26.9 Å². The maximum absolute atomic E-state index is 5.93. The van der Waals surface area contributed by atoms with E-state index in [2.05, 4.69) is 6.07 Å². The van der Waals surface area contributed by atoms with E-state index >= 15 is 0 Å². The third-order valence-corrected chi connectivity index (χ3v) is 3.72. The lowest BCUT2D eigenvalue weighted by molar-refractivity contribution is 0.267. The monoisotopic (exact) mass is 315 g/mol. The zero-order valence-electron chi connectivity index (χ0n) is 13.8. The zero-order valence-corrected chi connectivity index (χ0v) is 13.8. The number of nitrogens with two attached hydrogens (primary N) is 1. The number of benzene rings is 2. The highest BCUT2D eigenvalue weighted by Gasteiger charge is 2.12. The van der Waals surface area contributed by atoms with Crippen molar-refractivity contribution in [1.82, 2.24) is 0 Å². The van der Waals surface area contributed by atoms with E-state index in [-0.39, 0.29) is 5.92 Å². The fourth-order valence-corrected chi connectivity index (χ4v) is 2.47. The van der Waals surface area contributed by atoms with Gasteiger partial charge in [0.25, 0.3) is 0 Å². The first-order valence-electron chi connectivity index (χ1n) is 7.97. The van der Waals surface area contributed by atoms with E-state index in [9.17, 15) is 0 Å². The Kier molecular flexibility index (Phi) is 6.76. The summed E-state index contributed by atoms with van der Waals surface area (Å²) in [6.45, 7) is 3.74. The first-order valence-corrected chi connectivity index (χ1v) is 7.97. The first-order chi connectivity index (χ1) is 11.3. The molecule has 4 nitrogen and oxygen atoms in total. The fourth-order valence-electron chi connectivity index (χ4n) is 2.47. The van der Waals surface area contributed by atoms with Gasteiger partial charge in [-0.3, -0.25) is 0 Å². The van der Waals surface area contributed by atoms with Crippen molar-refractivity contribution in [2.24, 2.45) is 5.73 Å². The third-order valence-electron chi connectivity index (χ3n) is 3.72. The number of hydrogen-bond acceptors (Lipinski definition) is 4. The van der Waals surface area contributed by atoms with Crippen molar-refractivity contribution in [3.8, 4) is 17.2 Å². The Morgan fingerprint density at radius 3 is 2.39 bits per heavy atom. The molecule has 2 N–H and O–H groups in total. The number of methoxy groups -OCH3 is 1. The molecule has 2 rings (SSSR count). The summed E-state index contributed by atoms with van der Waals surface area (Å²) in [5.74, 6) is 2.64. The van der Waals surface area contributed by atoms with E-state index in [4.69, 9.17) is 19.9 Å². The molecule has 0 fully saturated rings. The second-order valence-electron chi connectivity index (χ2n) is 5.23. The Hall–Kier alpha value is -2.20. The van der Waals surface area contributed by atoms with Crippen LogP contribution in [0.25, 0.3) is 0 Å². The standard InChI is InChI=1S/C19H25NO3/c1-3-22-18-9-4-5-10-19(18)23-12-11-16(14-20)15-7-6-8-17(13-15)21-2/h4-10,13,16H,3,11-12,14,20H2,1-2H3. The van der Waals surface area contributed by atoms with Crippen molar-refractivity contribution in [1.29, 1.82) is 0 Å². The van der Waals surface area contributed by atoms with Gasteiger partial charge in [-0.15, -0.1) is 0 Å². The van der Waals surface area contributed by atoms with Gasteiger partial charge in [0.2, 0.25) is 0 Å². The van der Waals surface area contributed by atoms with E-state index in [1.807, 2.05) is 49.4 Å². The van der Waals surface area contributed by atoms with Gasteiger partial charge in [0.1, 0.15) is 5.75 Å². The highest BCUT2D eigenvalue weighted by molar-refractivity contribution is 5.39. The summed E-state index contributed by atoms with van der Waals surface area (Å²) in [6.07, 6.45) is 0.837. The Balaban J connectivity index is 1.96. The van der Waals surface area contributed by atoms with Crippen LogP contribution in [0.1, 0.15) is 24.8 Å². The van der Waals surface area contributed by atoms with Crippen LogP contribution in [0.3, 0.4) is 0 Å². The van der Waals surface area contributed by atoms with Crippen LogP contribution >= 0.6 is 0 Å². The summed E-state index contributed by atoms with van der Waals surface area (Å²) >= 11 is 0. The topological polar surface area (TPSA) is 53.7 Å². The lowest BCUT2D eigenvalue weighted by Crippen LogP contribution is -2.15. The van der Waals surface area contributed by atoms with Gasteiger partial charge in [0, 0.05) is 0 Å². The van der Waals surface area contributed by atoms with Crippen LogP contribution in [0.4, 0.5) is 0 Å². The Labute approximate surface area is 138 Å². The zero-order chi connectivity index (χ0) is 16.5. The minimum Gasteiger partial charge on any atom is -0.497 e. The van der Waals surface area contributed by atoms with Crippen molar-refractivity contribution in [3.05, 3.63) is 54.1 Å². The number of para-hydroxylation sites is 2. The molecular weight excluding hydrogens is 290 g/mol. The molecule has 0 bridgehead atoms. The second-order valence-corrected chi connectivity index (χ2v) is 5.23. The molecule has 124 valence electrons. The Bertz CT molecular complexity index is 601. The van der Waals surface area contributed by atoms with Crippen LogP contribution in [-0.2, 0) is 0 Å². The minimum absolute atomic E-state index is 0.240. The molecule has 0 aliphatic rings. The van der Waals surface area contributed by atoms with E-state index in [1.165, 1.54) is 5.56 Å². The maximum atomic E-state index is 5.93. The van der Waals surface area contributed by atoms with Crippen LogP contribution in [-0.4, -0.2) is 26.9 Å². The molecule has 0 aliphatic carbocycles. The van der Waals surface area contributed by atoms with Crippen molar-refractivity contribution >= 4 is 0 Å². The predicted octanol–water partition coefficient (Wildman–Crippen LogP) is 3.61. The van der Waals surface area contributed by atoms with E-state index < -0.39 is 0 Å². The van der Waals surface area contributed by atoms with Crippen LogP contribution in [0, 0.1) is 0 Å². The Morgan fingerprint density at radius 2 is 1.74 bits per heavy atom. The molecule has 23 heavy (non-hydrogen) atoms. The maximum Gasteiger partial charge on any atom is 0.161 e. The lowest BCUT2D eigenvalue weighted by Gasteiger charge is -2.17. The summed E-state index contributed by atoms with van der Waals surface area (Å²) in [6, 6.07) is 15.8. The predicted molar refractivity (Wildman–Crippen MR) is 92.5 cm³/mol. The summed E-state index contributed by atoms with van der Waals surface area (Å²) < 4.78 is 16.7. The van der Waals surface area contributed by atoms with Gasteiger partial charge < -0.3 is 19.9 Å². The highest BCUT2D eigenvalue weighted by Crippen LogP contribution is 2.28. The smallest absolute Gasteiger partial charge is 0.161 e. The van der Waals surface area contributed by atoms with Crippen LogP contribution in [0.15, 0.2) is 48.5 Å². The fraction of sp³-hybridized carbons (Fsp3) is 0.368. The van der Waals surface area contributed by atoms with E-state index in [0.717, 1.165) is 23.7 Å². The van der Waals surface area contributed by atoms with Crippen LogP contribution in [0.2, 0.25) is 0 Å². The molecule has 0 amide bonds. The molecule has 0 aliphatic heterocycles. The van der Waals surface area contributed by atoms with Crippen LogP contribution in [0.5, 0.6) is 17.2 Å². The lowest BCUT2D eigenvalue weighted by atomic mass is 9.96. The van der Waals surface area contributed by atoms with Crippen molar-refractivity contribution < 1.29 is 14.2 Å². The molecule has 2 aromatic carbocycles. The SMILES string of the molecule is CCOc1ccccc1OCCC(CN)c1cccc(OC)c1. The Morgan fingerprint density at radius 1 is 1.00 bits per heavy atom. The molecular formula is C19H25NO3. The molecule has 2 aromatic rings. The van der Waals surface area contributed by atoms with Crippen molar-refractivity contribution in [3.63, 3.8) is 0 Å². The number of rotatable bonds is 9. The molecule has 0 saturated carbocycles. The molecule has 4 heteroatoms. The molecule has 0 radical (unpaired) electrons. The summed E-state index contributed by atoms with van der Waals surface area (Å²) in [5.41, 5.74) is 7.11. The molecule has 0 spiro atoms. The summed E-state index contributed by atoms with van der Waals surface area (Å²) in [4.78, 5) is 0.